The van der Waals surface area contributed by atoms with Crippen LogP contribution in [0.1, 0.15) is 33.6 Å². The summed E-state index contributed by atoms with van der Waals surface area (Å²) < 4.78 is 41.1. The van der Waals surface area contributed by atoms with Crippen LogP contribution in [0.25, 0.3) is 0 Å². The van der Waals surface area contributed by atoms with Crippen molar-refractivity contribution in [1.29, 1.82) is 0 Å². The topological polar surface area (TPSA) is 60.4 Å². The molecule has 0 amide bonds. The minimum atomic E-state index is -5.05. The number of ketones is 2. The summed E-state index contributed by atoms with van der Waals surface area (Å²) in [6.45, 7) is 4.77. The molecule has 0 saturated heterocycles. The number of esters is 1. The first-order chi connectivity index (χ1) is 8.59. The second-order valence-corrected chi connectivity index (χ2v) is 4.49. The molecule has 19 heavy (non-hydrogen) atoms. The Hall–Kier alpha value is -1.40. The Labute approximate surface area is 109 Å². The highest BCUT2D eigenvalue weighted by Gasteiger charge is 2.42. The number of alkyl halides is 3. The molecule has 0 aliphatic rings. The maximum atomic E-state index is 12.2. The van der Waals surface area contributed by atoms with Crippen molar-refractivity contribution in [2.75, 3.05) is 6.61 Å². The maximum absolute atomic E-state index is 12.2. The smallest absolute Gasteiger partial charge is 0.450 e. The summed E-state index contributed by atoms with van der Waals surface area (Å²) in [7, 11) is 0. The van der Waals surface area contributed by atoms with Crippen LogP contribution in [0.3, 0.4) is 0 Å². The van der Waals surface area contributed by atoms with Gasteiger partial charge in [-0.1, -0.05) is 13.8 Å². The van der Waals surface area contributed by atoms with E-state index in [1.54, 1.807) is 13.8 Å². The summed E-state index contributed by atoms with van der Waals surface area (Å²) in [4.78, 5) is 34.1. The van der Waals surface area contributed by atoms with Crippen molar-refractivity contribution in [3.8, 4) is 0 Å². The minimum absolute atomic E-state index is 0.0650. The van der Waals surface area contributed by atoms with E-state index in [9.17, 15) is 27.6 Å². The van der Waals surface area contributed by atoms with E-state index >= 15 is 0 Å². The zero-order valence-electron chi connectivity index (χ0n) is 11.0. The first kappa shape index (κ1) is 17.6. The zero-order chi connectivity index (χ0) is 15.2. The molecule has 1 unspecified atom stereocenters. The highest BCUT2D eigenvalue weighted by Crippen LogP contribution is 2.23. The molecule has 0 aromatic carbocycles. The molecular formula is C12H17F3O4. The predicted octanol–water partition coefficient (Wildman–Crippen LogP) is 2.30. The molecule has 0 aromatic rings. The normalized spacial score (nSPS) is 13.2. The van der Waals surface area contributed by atoms with Crippen molar-refractivity contribution in [1.82, 2.24) is 0 Å². The number of carbonyl (C=O) groups excluding carboxylic acids is 3. The fourth-order valence-electron chi connectivity index (χ4n) is 1.42. The highest BCUT2D eigenvalue weighted by molar-refractivity contribution is 6.03. The van der Waals surface area contributed by atoms with Gasteiger partial charge in [-0.05, 0) is 12.8 Å². The van der Waals surface area contributed by atoms with Gasteiger partial charge in [0.05, 0.1) is 6.61 Å². The first-order valence-electron chi connectivity index (χ1n) is 5.88. The van der Waals surface area contributed by atoms with Crippen molar-refractivity contribution in [3.63, 3.8) is 0 Å². The lowest BCUT2D eigenvalue weighted by Gasteiger charge is -2.15. The lowest BCUT2D eigenvalue weighted by Crippen LogP contribution is -2.34. The number of hydrogen-bond donors (Lipinski definition) is 0. The van der Waals surface area contributed by atoms with Crippen LogP contribution in [0, 0.1) is 11.8 Å². The summed E-state index contributed by atoms with van der Waals surface area (Å²) in [6, 6.07) is 0. The quantitative estimate of drug-likeness (QED) is 0.531. The highest BCUT2D eigenvalue weighted by atomic mass is 19.4. The molecule has 4 nitrogen and oxygen atoms in total. The van der Waals surface area contributed by atoms with E-state index in [2.05, 4.69) is 4.74 Å². The van der Waals surface area contributed by atoms with Crippen LogP contribution in [0.5, 0.6) is 0 Å². The van der Waals surface area contributed by atoms with E-state index in [1.807, 2.05) is 0 Å². The van der Waals surface area contributed by atoms with E-state index < -0.39 is 36.1 Å². The fraction of sp³-hybridized carbons (Fsp3) is 0.750. The molecule has 1 atom stereocenters. The Kier molecular flexibility index (Phi) is 6.72. The van der Waals surface area contributed by atoms with Crippen LogP contribution in [0.4, 0.5) is 13.2 Å². The number of rotatable bonds is 7. The van der Waals surface area contributed by atoms with E-state index in [1.165, 1.54) is 6.92 Å². The van der Waals surface area contributed by atoms with Gasteiger partial charge >= 0.3 is 12.1 Å². The van der Waals surface area contributed by atoms with Crippen LogP contribution in [0.15, 0.2) is 0 Å². The van der Waals surface area contributed by atoms with Crippen molar-refractivity contribution < 1.29 is 32.3 Å². The van der Waals surface area contributed by atoms with Crippen LogP contribution < -0.4 is 0 Å². The number of halogens is 3. The van der Waals surface area contributed by atoms with Gasteiger partial charge in [-0.2, -0.15) is 13.2 Å². The van der Waals surface area contributed by atoms with Gasteiger partial charge in [0.2, 0.25) is 5.78 Å². The van der Waals surface area contributed by atoms with Gasteiger partial charge in [0, 0.05) is 12.8 Å². The molecule has 0 aromatic heterocycles. The third-order valence-electron chi connectivity index (χ3n) is 2.27. The molecule has 0 aliphatic heterocycles. The fourth-order valence-corrected chi connectivity index (χ4v) is 1.42. The van der Waals surface area contributed by atoms with Crippen LogP contribution in [-0.2, 0) is 19.1 Å². The molecule has 0 bridgehead atoms. The monoisotopic (exact) mass is 282 g/mol. The molecule has 0 N–H and O–H groups in total. The molecule has 0 rings (SSSR count). The van der Waals surface area contributed by atoms with Crippen LogP contribution >= 0.6 is 0 Å². The maximum Gasteiger partial charge on any atom is 0.450 e. The summed E-state index contributed by atoms with van der Waals surface area (Å²) >= 11 is 0. The zero-order valence-corrected chi connectivity index (χ0v) is 11.0. The Morgan fingerprint density at radius 3 is 2.00 bits per heavy atom. The van der Waals surface area contributed by atoms with Gasteiger partial charge in [0.25, 0.3) is 0 Å². The molecule has 0 saturated carbocycles. The number of hydrogen-bond acceptors (Lipinski definition) is 4. The predicted molar refractivity (Wildman–Crippen MR) is 60.3 cm³/mol. The number of Topliss-reactive ketones (excluding diaryl/α,β-unsaturated/α-hetero) is 2. The van der Waals surface area contributed by atoms with Gasteiger partial charge in [0.15, 0.2) is 0 Å². The Morgan fingerprint density at radius 1 is 1.11 bits per heavy atom. The van der Waals surface area contributed by atoms with E-state index in [-0.39, 0.29) is 18.9 Å². The van der Waals surface area contributed by atoms with Crippen molar-refractivity contribution in [2.45, 2.75) is 39.8 Å². The largest absolute Gasteiger partial charge is 0.465 e. The SMILES string of the molecule is CCOC(=O)C(CC(=O)C(F)(F)F)C(=O)CC(C)C. The Morgan fingerprint density at radius 2 is 1.63 bits per heavy atom. The number of carbonyl (C=O) groups is 3. The molecule has 0 heterocycles. The molecule has 0 radical (unpaired) electrons. The average Bonchev–Trinajstić information content (AvgIpc) is 2.22. The van der Waals surface area contributed by atoms with E-state index in [4.69, 9.17) is 0 Å². The van der Waals surface area contributed by atoms with Crippen molar-refractivity contribution in [2.24, 2.45) is 11.8 Å². The first-order valence-corrected chi connectivity index (χ1v) is 5.88. The Bertz CT molecular complexity index is 347. The van der Waals surface area contributed by atoms with Gasteiger partial charge < -0.3 is 4.74 Å². The molecule has 0 aliphatic carbocycles. The third kappa shape index (κ3) is 6.35. The van der Waals surface area contributed by atoms with Gasteiger partial charge in [-0.15, -0.1) is 0 Å². The lowest BCUT2D eigenvalue weighted by molar-refractivity contribution is -0.174. The third-order valence-corrected chi connectivity index (χ3v) is 2.27. The molecule has 0 spiro atoms. The Balaban J connectivity index is 4.92. The summed E-state index contributed by atoms with van der Waals surface area (Å²) in [5.74, 6) is -5.67. The van der Waals surface area contributed by atoms with E-state index in [0.717, 1.165) is 0 Å². The average molecular weight is 282 g/mol. The van der Waals surface area contributed by atoms with Crippen molar-refractivity contribution >= 4 is 17.5 Å². The lowest BCUT2D eigenvalue weighted by atomic mass is 9.92. The summed E-state index contributed by atoms with van der Waals surface area (Å²) in [6.07, 6.45) is -6.31. The van der Waals surface area contributed by atoms with Gasteiger partial charge in [0.1, 0.15) is 11.7 Å². The molecular weight excluding hydrogens is 265 g/mol. The standard InChI is InChI=1S/C12H17F3O4/c1-4-19-11(18)8(9(16)5-7(2)3)6-10(17)12(13,14)15/h7-8H,4-6H2,1-3H3. The van der Waals surface area contributed by atoms with Gasteiger partial charge in [-0.25, -0.2) is 0 Å². The van der Waals surface area contributed by atoms with Crippen LogP contribution in [-0.4, -0.2) is 30.3 Å². The second-order valence-electron chi connectivity index (χ2n) is 4.49. The van der Waals surface area contributed by atoms with Crippen LogP contribution in [0.2, 0.25) is 0 Å². The van der Waals surface area contributed by atoms with E-state index in [0.29, 0.717) is 0 Å². The second kappa shape index (κ2) is 7.25. The molecule has 7 heteroatoms. The summed E-state index contributed by atoms with van der Waals surface area (Å²) in [5, 5.41) is 0. The van der Waals surface area contributed by atoms with Crippen molar-refractivity contribution in [3.05, 3.63) is 0 Å². The summed E-state index contributed by atoms with van der Waals surface area (Å²) in [5.41, 5.74) is 0. The molecule has 110 valence electrons. The number of ether oxygens (including phenoxy) is 1. The minimum Gasteiger partial charge on any atom is -0.465 e. The molecule has 0 fully saturated rings. The van der Waals surface area contributed by atoms with Gasteiger partial charge in [-0.3, -0.25) is 14.4 Å².